The van der Waals surface area contributed by atoms with Gasteiger partial charge in [0.15, 0.2) is 13.9 Å². The Morgan fingerprint density at radius 1 is 1.28 bits per heavy atom. The van der Waals surface area contributed by atoms with Crippen LogP contribution in [0.5, 0.6) is 0 Å². The molecule has 0 aromatic rings. The second-order valence-electron chi connectivity index (χ2n) is 7.77. The molecule has 0 radical (unpaired) electrons. The highest BCUT2D eigenvalue weighted by Crippen LogP contribution is 2.35. The number of nitrogens with one attached hydrogen (secondary N) is 1. The summed E-state index contributed by atoms with van der Waals surface area (Å²) in [6.07, 6.45) is -1.35. The number of amidine groups is 2. The molecule has 3 aliphatic heterocycles. The summed E-state index contributed by atoms with van der Waals surface area (Å²) in [5.41, 5.74) is 0. The first-order valence-electron chi connectivity index (χ1n) is 9.58. The number of amides is 1. The quantitative estimate of drug-likeness (QED) is 0.523. The van der Waals surface area contributed by atoms with Crippen molar-refractivity contribution in [1.82, 2.24) is 15.2 Å². The third-order valence-electron chi connectivity index (χ3n) is 5.03. The van der Waals surface area contributed by atoms with E-state index in [1.54, 1.807) is 6.08 Å². The van der Waals surface area contributed by atoms with Crippen LogP contribution >= 0.6 is 0 Å². The Hall–Kier alpha value is -2.14. The molecule has 3 aliphatic rings. The van der Waals surface area contributed by atoms with E-state index in [4.69, 9.17) is 0 Å². The van der Waals surface area contributed by atoms with E-state index in [0.29, 0.717) is 12.4 Å². The molecule has 0 aromatic carbocycles. The second-order valence-corrected chi connectivity index (χ2v) is 7.77. The molecule has 160 valence electrons. The van der Waals surface area contributed by atoms with Gasteiger partial charge in [0, 0.05) is 32.5 Å². The van der Waals surface area contributed by atoms with Crippen molar-refractivity contribution in [3.63, 3.8) is 0 Å². The summed E-state index contributed by atoms with van der Waals surface area (Å²) in [5, 5.41) is 8.44. The van der Waals surface area contributed by atoms with Crippen LogP contribution in [0.1, 0.15) is 26.2 Å². The lowest BCUT2D eigenvalue weighted by atomic mass is 9.88. The average Bonchev–Trinajstić information content (AvgIpc) is 3.12. The molecule has 0 aliphatic carbocycles. The molecule has 1 amide bonds. The number of hydrazone groups is 1. The summed E-state index contributed by atoms with van der Waals surface area (Å²) in [4.78, 5) is 17.3. The molecular formula is C17H23BF5N5O. The van der Waals surface area contributed by atoms with Gasteiger partial charge in [-0.2, -0.15) is 18.3 Å². The molecule has 0 spiro atoms. The number of hydrogen-bond acceptors (Lipinski definition) is 5. The monoisotopic (exact) mass is 419 g/mol. The summed E-state index contributed by atoms with van der Waals surface area (Å²) in [6.45, 7) is 2.28. The van der Waals surface area contributed by atoms with Crippen molar-refractivity contribution in [1.29, 1.82) is 0 Å². The molecule has 3 rings (SSSR count). The van der Waals surface area contributed by atoms with Crippen LogP contribution in [0.2, 0.25) is 0 Å². The summed E-state index contributed by atoms with van der Waals surface area (Å²) < 4.78 is 67.3. The highest BCUT2D eigenvalue weighted by atomic mass is 19.4. The first-order valence-corrected chi connectivity index (χ1v) is 9.58. The zero-order chi connectivity index (χ0) is 21.4. The van der Waals surface area contributed by atoms with E-state index in [1.165, 1.54) is 16.0 Å². The van der Waals surface area contributed by atoms with Crippen molar-refractivity contribution in [3.8, 4) is 0 Å². The van der Waals surface area contributed by atoms with Gasteiger partial charge in [-0.3, -0.25) is 9.79 Å². The van der Waals surface area contributed by atoms with E-state index in [2.05, 4.69) is 15.4 Å². The lowest BCUT2D eigenvalue weighted by molar-refractivity contribution is -0.157. The summed E-state index contributed by atoms with van der Waals surface area (Å²) in [6, 6.07) is -3.28. The molecule has 0 saturated carbocycles. The van der Waals surface area contributed by atoms with Crippen molar-refractivity contribution in [2.75, 3.05) is 19.6 Å². The smallest absolute Gasteiger partial charge is 0.369 e. The van der Waals surface area contributed by atoms with Gasteiger partial charge >= 0.3 is 6.18 Å². The Morgan fingerprint density at radius 2 is 2.00 bits per heavy atom. The third-order valence-corrected chi connectivity index (χ3v) is 5.03. The van der Waals surface area contributed by atoms with E-state index < -0.39 is 42.3 Å². The minimum atomic E-state index is -4.62. The van der Waals surface area contributed by atoms with Gasteiger partial charge in [-0.25, -0.2) is 13.8 Å². The number of alkyl halides is 5. The first-order chi connectivity index (χ1) is 13.5. The van der Waals surface area contributed by atoms with E-state index in [1.807, 2.05) is 6.92 Å². The van der Waals surface area contributed by atoms with E-state index in [9.17, 15) is 26.7 Å². The number of hydrogen-bond donors (Lipinski definition) is 1. The lowest BCUT2D eigenvalue weighted by Gasteiger charge is -2.31. The predicted octanol–water partition coefficient (Wildman–Crippen LogP) is 1.35. The number of halogens is 5. The van der Waals surface area contributed by atoms with Gasteiger partial charge in [0.05, 0.1) is 0 Å². The van der Waals surface area contributed by atoms with Crippen LogP contribution in [0.15, 0.2) is 22.2 Å². The SMILES string of the molecule is BC(F)(F)CC1CC(=O)N(CC2C(C(F)(F)F)N=C3C=CC(NCCC)=NN32)C1. The summed E-state index contributed by atoms with van der Waals surface area (Å²) in [5.74, 6) is -3.45. The van der Waals surface area contributed by atoms with Crippen LogP contribution in [0.25, 0.3) is 0 Å². The molecule has 6 nitrogen and oxygen atoms in total. The van der Waals surface area contributed by atoms with Gasteiger partial charge < -0.3 is 10.2 Å². The van der Waals surface area contributed by atoms with Crippen LogP contribution in [-0.4, -0.2) is 79.0 Å². The van der Waals surface area contributed by atoms with Gasteiger partial charge in [-0.05, 0) is 24.5 Å². The number of likely N-dealkylation sites (tertiary alicyclic amines) is 1. The van der Waals surface area contributed by atoms with E-state index >= 15 is 0 Å². The van der Waals surface area contributed by atoms with Gasteiger partial charge in [0.25, 0.3) is 0 Å². The Morgan fingerprint density at radius 3 is 2.62 bits per heavy atom. The number of fused-ring (bicyclic) bond motifs is 1. The standard InChI is InChI=1S/C17H23BF5N5O/c1-2-5-24-12-3-4-13-25-15(17(21,22)23)11(28(13)26-12)9-27-8-10(6-14(27)29)7-16(18,19)20/h3-4,10-11,15H,2,5-9,18H2,1H3,(H,24,26). The van der Waals surface area contributed by atoms with Crippen LogP contribution in [0, 0.1) is 5.92 Å². The van der Waals surface area contributed by atoms with E-state index in [0.717, 1.165) is 14.3 Å². The third kappa shape index (κ3) is 5.08. The van der Waals surface area contributed by atoms with Crippen molar-refractivity contribution < 1.29 is 26.7 Å². The maximum Gasteiger partial charge on any atom is 0.413 e. The molecule has 1 saturated heterocycles. The molecule has 1 N–H and O–H groups in total. The maximum atomic E-state index is 13.6. The van der Waals surface area contributed by atoms with E-state index in [-0.39, 0.29) is 25.3 Å². The summed E-state index contributed by atoms with van der Waals surface area (Å²) in [7, 11) is 0.774. The highest BCUT2D eigenvalue weighted by Gasteiger charge is 2.53. The number of carbonyl (C=O) groups excluding carboxylic acids is 1. The van der Waals surface area contributed by atoms with Gasteiger partial charge in [0.1, 0.15) is 17.7 Å². The molecule has 0 aromatic heterocycles. The van der Waals surface area contributed by atoms with Crippen LogP contribution in [-0.2, 0) is 4.79 Å². The second kappa shape index (κ2) is 7.94. The number of aliphatic imine (C=N–C) groups is 1. The number of nitrogens with zero attached hydrogens (tertiary/aromatic N) is 4. The molecule has 3 unspecified atom stereocenters. The van der Waals surface area contributed by atoms with Crippen LogP contribution < -0.4 is 5.32 Å². The maximum absolute atomic E-state index is 13.6. The first kappa shape index (κ1) is 21.6. The number of rotatable bonds is 6. The topological polar surface area (TPSA) is 60.3 Å². The van der Waals surface area contributed by atoms with Gasteiger partial charge in [-0.15, -0.1) is 0 Å². The van der Waals surface area contributed by atoms with Crippen LogP contribution in [0.4, 0.5) is 22.0 Å². The fraction of sp³-hybridized carbons (Fsp3) is 0.706. The zero-order valence-electron chi connectivity index (χ0n) is 16.2. The molecule has 0 bridgehead atoms. The van der Waals surface area contributed by atoms with Gasteiger partial charge in [0.2, 0.25) is 11.7 Å². The fourth-order valence-electron chi connectivity index (χ4n) is 3.85. The lowest BCUT2D eigenvalue weighted by Crippen LogP contribution is -2.51. The predicted molar refractivity (Wildman–Crippen MR) is 101 cm³/mol. The zero-order valence-corrected chi connectivity index (χ0v) is 16.2. The normalized spacial score (nSPS) is 27.2. The van der Waals surface area contributed by atoms with Crippen molar-refractivity contribution in [2.45, 2.75) is 50.3 Å². The Labute approximate surface area is 166 Å². The molecule has 12 heteroatoms. The molecular weight excluding hydrogens is 396 g/mol. The Balaban J connectivity index is 1.77. The van der Waals surface area contributed by atoms with Crippen molar-refractivity contribution in [3.05, 3.63) is 12.2 Å². The summed E-state index contributed by atoms with van der Waals surface area (Å²) >= 11 is 0. The molecule has 29 heavy (non-hydrogen) atoms. The van der Waals surface area contributed by atoms with Crippen LogP contribution in [0.3, 0.4) is 0 Å². The molecule has 3 heterocycles. The molecule has 3 atom stereocenters. The van der Waals surface area contributed by atoms with Crippen molar-refractivity contribution >= 4 is 25.4 Å². The van der Waals surface area contributed by atoms with Crippen molar-refractivity contribution in [2.24, 2.45) is 16.0 Å². The van der Waals surface area contributed by atoms with Gasteiger partial charge in [-0.1, -0.05) is 6.92 Å². The Kier molecular flexibility index (Phi) is 5.91. The number of carbonyl (C=O) groups is 1. The fourth-order valence-corrected chi connectivity index (χ4v) is 3.85. The molecule has 1 fully saturated rings. The highest BCUT2D eigenvalue weighted by molar-refractivity contribution is 6.13. The minimum absolute atomic E-state index is 0.00695. The minimum Gasteiger partial charge on any atom is -0.369 e. The Bertz CT molecular complexity index is 733. The average molecular weight is 419 g/mol. The largest absolute Gasteiger partial charge is 0.413 e.